The molecule has 0 bridgehead atoms. The third-order valence-corrected chi connectivity index (χ3v) is 6.65. The summed E-state index contributed by atoms with van der Waals surface area (Å²) in [5, 5.41) is 6.21. The highest BCUT2D eigenvalue weighted by molar-refractivity contribution is 7.10. The maximum Gasteiger partial charge on any atom is 0.0360 e. The molecule has 3 aliphatic rings. The summed E-state index contributed by atoms with van der Waals surface area (Å²) in [7, 11) is 0. The Bertz CT molecular complexity index is 461. The van der Waals surface area contributed by atoms with Gasteiger partial charge < -0.3 is 5.32 Å². The van der Waals surface area contributed by atoms with Gasteiger partial charge in [0.05, 0.1) is 0 Å². The van der Waals surface area contributed by atoms with Crippen LogP contribution in [-0.2, 0) is 6.42 Å². The molecule has 0 aromatic carbocycles. The summed E-state index contributed by atoms with van der Waals surface area (Å²) in [5.74, 6) is 0. The van der Waals surface area contributed by atoms with Crippen molar-refractivity contribution < 1.29 is 0 Å². The number of hydrogen-bond acceptors (Lipinski definition) is 3. The van der Waals surface area contributed by atoms with Crippen LogP contribution in [0.4, 0.5) is 0 Å². The SMILES string of the molecule is c1cc2c(s1)CCCC2N1CCCNC2(CCCC2)C1. The first-order chi connectivity index (χ1) is 9.86. The van der Waals surface area contributed by atoms with Crippen molar-refractivity contribution in [1.29, 1.82) is 0 Å². The van der Waals surface area contributed by atoms with Gasteiger partial charge in [-0.2, -0.15) is 0 Å². The lowest BCUT2D eigenvalue weighted by molar-refractivity contribution is 0.143. The van der Waals surface area contributed by atoms with Gasteiger partial charge in [0.1, 0.15) is 0 Å². The maximum absolute atomic E-state index is 3.90. The zero-order valence-electron chi connectivity index (χ0n) is 12.4. The second kappa shape index (κ2) is 5.43. The fraction of sp³-hybridized carbons (Fsp3) is 0.765. The summed E-state index contributed by atoms with van der Waals surface area (Å²) < 4.78 is 0. The number of nitrogens with zero attached hydrogens (tertiary/aromatic N) is 1. The van der Waals surface area contributed by atoms with E-state index in [0.29, 0.717) is 11.6 Å². The molecule has 4 rings (SSSR count). The normalized spacial score (nSPS) is 30.3. The van der Waals surface area contributed by atoms with Crippen LogP contribution in [0.1, 0.15) is 61.4 Å². The molecule has 0 amide bonds. The largest absolute Gasteiger partial charge is 0.310 e. The van der Waals surface area contributed by atoms with Gasteiger partial charge in [-0.3, -0.25) is 4.90 Å². The van der Waals surface area contributed by atoms with Gasteiger partial charge in [-0.05, 0) is 62.1 Å². The smallest absolute Gasteiger partial charge is 0.0360 e. The summed E-state index contributed by atoms with van der Waals surface area (Å²) >= 11 is 1.98. The molecule has 1 saturated carbocycles. The van der Waals surface area contributed by atoms with Crippen LogP contribution in [0.25, 0.3) is 0 Å². The molecule has 2 heterocycles. The van der Waals surface area contributed by atoms with Crippen LogP contribution in [0.2, 0.25) is 0 Å². The van der Waals surface area contributed by atoms with Crippen molar-refractivity contribution in [3.8, 4) is 0 Å². The van der Waals surface area contributed by atoms with E-state index >= 15 is 0 Å². The zero-order chi connectivity index (χ0) is 13.4. The van der Waals surface area contributed by atoms with Crippen LogP contribution in [0.15, 0.2) is 11.4 Å². The molecule has 1 saturated heterocycles. The van der Waals surface area contributed by atoms with Gasteiger partial charge in [-0.15, -0.1) is 11.3 Å². The Balaban J connectivity index is 1.58. The molecule has 1 N–H and O–H groups in total. The van der Waals surface area contributed by atoms with Gasteiger partial charge in [0.2, 0.25) is 0 Å². The molecule has 0 radical (unpaired) electrons. The molecule has 110 valence electrons. The molecule has 2 fully saturated rings. The summed E-state index contributed by atoms with van der Waals surface area (Å²) in [5.41, 5.74) is 2.11. The van der Waals surface area contributed by atoms with Crippen LogP contribution in [-0.4, -0.2) is 30.1 Å². The maximum atomic E-state index is 3.90. The van der Waals surface area contributed by atoms with Gasteiger partial charge in [0.25, 0.3) is 0 Å². The van der Waals surface area contributed by atoms with Crippen molar-refractivity contribution >= 4 is 11.3 Å². The summed E-state index contributed by atoms with van der Waals surface area (Å²) in [6, 6.07) is 3.12. The van der Waals surface area contributed by atoms with Crippen molar-refractivity contribution in [2.24, 2.45) is 0 Å². The van der Waals surface area contributed by atoms with Gasteiger partial charge >= 0.3 is 0 Å². The van der Waals surface area contributed by atoms with Gasteiger partial charge in [-0.1, -0.05) is 12.8 Å². The molecule has 3 heteroatoms. The molecule has 1 aromatic rings. The summed E-state index contributed by atoms with van der Waals surface area (Å²) in [4.78, 5) is 4.50. The second-order valence-corrected chi connectivity index (χ2v) is 7.95. The summed E-state index contributed by atoms with van der Waals surface area (Å²) in [6.07, 6.45) is 11.0. The number of rotatable bonds is 1. The quantitative estimate of drug-likeness (QED) is 0.848. The lowest BCUT2D eigenvalue weighted by Gasteiger charge is -2.39. The molecule has 1 unspecified atom stereocenters. The highest BCUT2D eigenvalue weighted by atomic mass is 32.1. The highest BCUT2D eigenvalue weighted by Gasteiger charge is 2.39. The molecular weight excluding hydrogens is 264 g/mol. The first kappa shape index (κ1) is 13.3. The fourth-order valence-electron chi connectivity index (χ4n) is 4.65. The Hall–Kier alpha value is -0.380. The van der Waals surface area contributed by atoms with Crippen LogP contribution in [0, 0.1) is 0 Å². The van der Waals surface area contributed by atoms with Gasteiger partial charge in [0, 0.05) is 29.5 Å². The van der Waals surface area contributed by atoms with E-state index in [9.17, 15) is 0 Å². The van der Waals surface area contributed by atoms with Crippen molar-refractivity contribution in [3.63, 3.8) is 0 Å². The van der Waals surface area contributed by atoms with E-state index in [4.69, 9.17) is 0 Å². The van der Waals surface area contributed by atoms with Crippen LogP contribution < -0.4 is 5.32 Å². The Morgan fingerprint density at radius 1 is 1.20 bits per heavy atom. The number of fused-ring (bicyclic) bond motifs is 1. The lowest BCUT2D eigenvalue weighted by Crippen LogP contribution is -2.50. The molecule has 2 nitrogen and oxygen atoms in total. The zero-order valence-corrected chi connectivity index (χ0v) is 13.2. The van der Waals surface area contributed by atoms with Gasteiger partial charge in [-0.25, -0.2) is 0 Å². The van der Waals surface area contributed by atoms with Crippen LogP contribution >= 0.6 is 11.3 Å². The number of thiophene rings is 1. The Morgan fingerprint density at radius 3 is 3.00 bits per heavy atom. The highest BCUT2D eigenvalue weighted by Crippen LogP contribution is 2.40. The molecular formula is C17H26N2S. The lowest BCUT2D eigenvalue weighted by atomic mass is 9.90. The number of hydrogen-bond donors (Lipinski definition) is 1. The predicted molar refractivity (Wildman–Crippen MR) is 85.4 cm³/mol. The monoisotopic (exact) mass is 290 g/mol. The van der Waals surface area contributed by atoms with Crippen LogP contribution in [0.3, 0.4) is 0 Å². The first-order valence-corrected chi connectivity index (χ1v) is 9.30. The fourth-order valence-corrected chi connectivity index (χ4v) is 5.63. The minimum atomic E-state index is 0.449. The molecule has 1 aromatic heterocycles. The van der Waals surface area contributed by atoms with Crippen LogP contribution in [0.5, 0.6) is 0 Å². The molecule has 1 atom stereocenters. The molecule has 1 spiro atoms. The van der Waals surface area contributed by atoms with Crippen molar-refractivity contribution in [1.82, 2.24) is 10.2 Å². The van der Waals surface area contributed by atoms with E-state index in [2.05, 4.69) is 21.7 Å². The first-order valence-electron chi connectivity index (χ1n) is 8.42. The standard InChI is InChI=1S/C17H26N2S/c1-2-9-17(8-1)13-19(11-4-10-18-17)15-5-3-6-16-14(15)7-12-20-16/h7,12,15,18H,1-6,8-11,13H2. The van der Waals surface area contributed by atoms with E-state index in [-0.39, 0.29) is 0 Å². The number of aryl methyl sites for hydroxylation is 1. The molecule has 1 aliphatic heterocycles. The number of nitrogens with one attached hydrogen (secondary N) is 1. The predicted octanol–water partition coefficient (Wildman–Crippen LogP) is 3.73. The van der Waals surface area contributed by atoms with E-state index in [0.717, 1.165) is 0 Å². The Kier molecular flexibility index (Phi) is 3.61. The van der Waals surface area contributed by atoms with E-state index in [1.807, 2.05) is 11.3 Å². The molecule has 20 heavy (non-hydrogen) atoms. The third-order valence-electron chi connectivity index (χ3n) is 5.65. The summed E-state index contributed by atoms with van der Waals surface area (Å²) in [6.45, 7) is 3.79. The van der Waals surface area contributed by atoms with Crippen molar-refractivity contribution in [2.45, 2.75) is 62.9 Å². The Morgan fingerprint density at radius 2 is 2.10 bits per heavy atom. The van der Waals surface area contributed by atoms with Gasteiger partial charge in [0.15, 0.2) is 0 Å². The third kappa shape index (κ3) is 2.34. The average molecular weight is 290 g/mol. The minimum absolute atomic E-state index is 0.449. The van der Waals surface area contributed by atoms with E-state index < -0.39 is 0 Å². The minimum Gasteiger partial charge on any atom is -0.310 e. The topological polar surface area (TPSA) is 15.3 Å². The van der Waals surface area contributed by atoms with Crippen molar-refractivity contribution in [3.05, 3.63) is 21.9 Å². The van der Waals surface area contributed by atoms with Crippen molar-refractivity contribution in [2.75, 3.05) is 19.6 Å². The van der Waals surface area contributed by atoms with E-state index in [1.54, 1.807) is 10.4 Å². The van der Waals surface area contributed by atoms with E-state index in [1.165, 1.54) is 71.0 Å². The Labute approximate surface area is 126 Å². The second-order valence-electron chi connectivity index (χ2n) is 6.95. The average Bonchev–Trinajstić information content (AvgIpc) is 3.06. The molecule has 2 aliphatic carbocycles.